The van der Waals surface area contributed by atoms with Crippen molar-refractivity contribution in [3.63, 3.8) is 0 Å². The summed E-state index contributed by atoms with van der Waals surface area (Å²) in [7, 11) is 3.30. The molecule has 9 heteroatoms. The van der Waals surface area contributed by atoms with E-state index in [2.05, 4.69) is 5.38 Å². The van der Waals surface area contributed by atoms with Gasteiger partial charge in [-0.1, -0.05) is 23.9 Å². The van der Waals surface area contributed by atoms with Gasteiger partial charge in [0.15, 0.2) is 5.16 Å². The number of thiophene rings is 1. The molecule has 0 radical (unpaired) electrons. The number of aromatic nitrogens is 3. The highest BCUT2D eigenvalue weighted by Crippen LogP contribution is 2.31. The van der Waals surface area contributed by atoms with Gasteiger partial charge in [-0.15, -0.1) is 22.7 Å². The Morgan fingerprint density at radius 3 is 2.81 bits per heavy atom. The van der Waals surface area contributed by atoms with E-state index in [1.807, 2.05) is 38.1 Å². The first kappa shape index (κ1) is 22.0. The summed E-state index contributed by atoms with van der Waals surface area (Å²) in [4.78, 5) is 24.7. The minimum Gasteiger partial charge on any atom is -0.497 e. The number of aryl methyl sites for hydroxylation is 2. The van der Waals surface area contributed by atoms with Gasteiger partial charge in [0, 0.05) is 28.7 Å². The summed E-state index contributed by atoms with van der Waals surface area (Å²) in [5, 5.41) is 4.42. The van der Waals surface area contributed by atoms with Crippen molar-refractivity contribution in [1.82, 2.24) is 14.5 Å². The van der Waals surface area contributed by atoms with Crippen molar-refractivity contribution in [1.29, 1.82) is 0 Å². The van der Waals surface area contributed by atoms with Crippen molar-refractivity contribution in [3.05, 3.63) is 56.1 Å². The van der Waals surface area contributed by atoms with Crippen LogP contribution in [0.25, 0.3) is 20.8 Å². The molecule has 0 N–H and O–H groups in total. The second-order valence-corrected chi connectivity index (χ2v) is 9.98. The molecule has 0 aliphatic heterocycles. The van der Waals surface area contributed by atoms with Gasteiger partial charge in [0.25, 0.3) is 5.56 Å². The number of thioether (sulfide) groups is 1. The molecule has 162 valence electrons. The van der Waals surface area contributed by atoms with Gasteiger partial charge in [0.2, 0.25) is 0 Å². The van der Waals surface area contributed by atoms with Crippen LogP contribution in [0.4, 0.5) is 0 Å². The Kier molecular flexibility index (Phi) is 6.76. The van der Waals surface area contributed by atoms with Gasteiger partial charge in [-0.3, -0.25) is 9.36 Å². The maximum absolute atomic E-state index is 13.2. The van der Waals surface area contributed by atoms with Crippen LogP contribution in [-0.4, -0.2) is 35.4 Å². The Morgan fingerprint density at radius 2 is 2.03 bits per heavy atom. The number of rotatable bonds is 8. The predicted octanol–water partition coefficient (Wildman–Crippen LogP) is 5.15. The Hall–Kier alpha value is -2.20. The van der Waals surface area contributed by atoms with Crippen LogP contribution in [0.2, 0.25) is 0 Å². The quantitative estimate of drug-likeness (QED) is 0.261. The van der Waals surface area contributed by atoms with E-state index in [9.17, 15) is 4.79 Å². The molecular formula is C22H23N3O3S3. The highest BCUT2D eigenvalue weighted by molar-refractivity contribution is 7.98. The number of hydrogen-bond acceptors (Lipinski definition) is 8. The summed E-state index contributed by atoms with van der Waals surface area (Å²) < 4.78 is 12.3. The monoisotopic (exact) mass is 473 g/mol. The fourth-order valence-electron chi connectivity index (χ4n) is 3.20. The molecule has 0 atom stereocenters. The van der Waals surface area contributed by atoms with Crippen LogP contribution >= 0.6 is 34.4 Å². The lowest BCUT2D eigenvalue weighted by atomic mass is 10.2. The van der Waals surface area contributed by atoms with Gasteiger partial charge >= 0.3 is 0 Å². The van der Waals surface area contributed by atoms with Gasteiger partial charge in [-0.25, -0.2) is 9.97 Å². The average Bonchev–Trinajstić information content (AvgIpc) is 3.36. The SMILES string of the molecule is COCCn1c(SCc2csc(-c3cccc(OC)c3)n2)nc2sc(C)c(C)c2c1=O. The van der Waals surface area contributed by atoms with E-state index >= 15 is 0 Å². The highest BCUT2D eigenvalue weighted by Gasteiger charge is 2.17. The summed E-state index contributed by atoms with van der Waals surface area (Å²) in [5.41, 5.74) is 3.00. The van der Waals surface area contributed by atoms with Crippen molar-refractivity contribution in [2.24, 2.45) is 0 Å². The number of thiazole rings is 1. The smallest absolute Gasteiger partial charge is 0.263 e. The maximum Gasteiger partial charge on any atom is 0.263 e. The summed E-state index contributed by atoms with van der Waals surface area (Å²) >= 11 is 4.70. The van der Waals surface area contributed by atoms with Crippen molar-refractivity contribution < 1.29 is 9.47 Å². The molecule has 1 aromatic carbocycles. The van der Waals surface area contributed by atoms with Crippen molar-refractivity contribution in [3.8, 4) is 16.3 Å². The molecule has 3 heterocycles. The summed E-state index contributed by atoms with van der Waals surface area (Å²) in [6.07, 6.45) is 0. The van der Waals surface area contributed by atoms with Crippen LogP contribution in [0.1, 0.15) is 16.1 Å². The molecule has 31 heavy (non-hydrogen) atoms. The van der Waals surface area contributed by atoms with Gasteiger partial charge in [0.1, 0.15) is 15.6 Å². The van der Waals surface area contributed by atoms with Gasteiger partial charge in [-0.2, -0.15) is 0 Å². The number of ether oxygens (including phenoxy) is 2. The molecule has 3 aromatic heterocycles. The molecular weight excluding hydrogens is 450 g/mol. The molecule has 0 spiro atoms. The molecule has 4 rings (SSSR count). The molecule has 4 aromatic rings. The van der Waals surface area contributed by atoms with Crippen molar-refractivity contribution in [2.75, 3.05) is 20.8 Å². The molecule has 0 bridgehead atoms. The zero-order chi connectivity index (χ0) is 22.0. The Morgan fingerprint density at radius 1 is 1.19 bits per heavy atom. The fraction of sp³-hybridized carbons (Fsp3) is 0.318. The lowest BCUT2D eigenvalue weighted by molar-refractivity contribution is 0.183. The number of methoxy groups -OCH3 is 2. The first-order valence-corrected chi connectivity index (χ1v) is 12.4. The molecule has 0 fully saturated rings. The highest BCUT2D eigenvalue weighted by atomic mass is 32.2. The number of fused-ring (bicyclic) bond motifs is 1. The minimum absolute atomic E-state index is 0.00162. The van der Waals surface area contributed by atoms with Crippen LogP contribution in [0.3, 0.4) is 0 Å². The van der Waals surface area contributed by atoms with Crippen LogP contribution < -0.4 is 10.3 Å². The van der Waals surface area contributed by atoms with Crippen LogP contribution in [-0.2, 0) is 17.0 Å². The van der Waals surface area contributed by atoms with Crippen LogP contribution in [0.15, 0.2) is 39.6 Å². The average molecular weight is 474 g/mol. The second-order valence-electron chi connectivity index (χ2n) is 6.97. The minimum atomic E-state index is 0.00162. The van der Waals surface area contributed by atoms with E-state index in [0.29, 0.717) is 24.1 Å². The summed E-state index contributed by atoms with van der Waals surface area (Å²) in [6.45, 7) is 4.95. The number of benzene rings is 1. The first-order chi connectivity index (χ1) is 15.0. The van der Waals surface area contributed by atoms with E-state index in [4.69, 9.17) is 19.4 Å². The Balaban J connectivity index is 1.61. The van der Waals surface area contributed by atoms with Crippen LogP contribution in [0, 0.1) is 13.8 Å². The van der Waals surface area contributed by atoms with Gasteiger partial charge in [-0.05, 0) is 31.5 Å². The molecule has 0 aliphatic rings. The van der Waals surface area contributed by atoms with E-state index in [1.54, 1.807) is 41.5 Å². The molecule has 0 amide bonds. The first-order valence-electron chi connectivity index (χ1n) is 9.73. The normalized spacial score (nSPS) is 11.4. The Labute approximate surface area is 192 Å². The standard InChI is InChI=1S/C22H23N3O3S3/c1-13-14(2)31-20-18(13)21(26)25(8-9-27-3)22(24-20)30-12-16-11-29-19(23-16)15-6-5-7-17(10-15)28-4/h5-7,10-11H,8-9,12H2,1-4H3. The van der Waals surface area contributed by atoms with Gasteiger partial charge in [0.05, 0.1) is 31.3 Å². The molecule has 6 nitrogen and oxygen atoms in total. The lowest BCUT2D eigenvalue weighted by Crippen LogP contribution is -2.25. The molecule has 0 unspecified atom stereocenters. The third-order valence-electron chi connectivity index (χ3n) is 4.99. The van der Waals surface area contributed by atoms with E-state index < -0.39 is 0 Å². The van der Waals surface area contributed by atoms with Crippen LogP contribution in [0.5, 0.6) is 5.75 Å². The van der Waals surface area contributed by atoms with Gasteiger partial charge < -0.3 is 9.47 Å². The van der Waals surface area contributed by atoms with Crippen molar-refractivity contribution in [2.45, 2.75) is 31.3 Å². The fourth-order valence-corrected chi connectivity index (χ4v) is 6.11. The number of nitrogens with zero attached hydrogens (tertiary/aromatic N) is 3. The third kappa shape index (κ3) is 4.55. The predicted molar refractivity (Wildman–Crippen MR) is 129 cm³/mol. The molecule has 0 aliphatic carbocycles. The van der Waals surface area contributed by atoms with Crippen molar-refractivity contribution >= 4 is 44.7 Å². The summed E-state index contributed by atoms with van der Waals surface area (Å²) in [6, 6.07) is 7.89. The Bertz CT molecular complexity index is 1280. The third-order valence-corrected chi connectivity index (χ3v) is 8.04. The second kappa shape index (κ2) is 9.52. The number of hydrogen-bond donors (Lipinski definition) is 0. The molecule has 0 saturated heterocycles. The molecule has 0 saturated carbocycles. The van der Waals surface area contributed by atoms with E-state index in [0.717, 1.165) is 42.7 Å². The van der Waals surface area contributed by atoms with E-state index in [-0.39, 0.29) is 5.56 Å². The van der Waals surface area contributed by atoms with E-state index in [1.165, 1.54) is 11.8 Å². The summed E-state index contributed by atoms with van der Waals surface area (Å²) in [5.74, 6) is 1.44. The largest absolute Gasteiger partial charge is 0.497 e. The maximum atomic E-state index is 13.2. The topological polar surface area (TPSA) is 66.2 Å². The zero-order valence-electron chi connectivity index (χ0n) is 17.8. The zero-order valence-corrected chi connectivity index (χ0v) is 20.2. The lowest BCUT2D eigenvalue weighted by Gasteiger charge is -2.11.